The molecule has 3 rings (SSSR count). The second kappa shape index (κ2) is 4.14. The molecule has 0 fully saturated rings. The van der Waals surface area contributed by atoms with Crippen molar-refractivity contribution >= 4 is 5.88 Å². The van der Waals surface area contributed by atoms with E-state index in [0.717, 1.165) is 5.56 Å². The van der Waals surface area contributed by atoms with Crippen molar-refractivity contribution in [3.8, 4) is 28.4 Å². The Labute approximate surface area is 103 Å². The molecule has 1 aliphatic heterocycles. The van der Waals surface area contributed by atoms with Crippen LogP contribution in [0.4, 0.5) is 5.88 Å². The maximum atomic E-state index is 5.73. The molecule has 0 spiro atoms. The molecule has 6 nitrogen and oxygen atoms in total. The van der Waals surface area contributed by atoms with Gasteiger partial charge in [0.2, 0.25) is 5.88 Å². The normalized spacial score (nSPS) is 13.4. The smallest absolute Gasteiger partial charge is 0.230 e. The van der Waals surface area contributed by atoms with Crippen LogP contribution in [0.1, 0.15) is 0 Å². The summed E-state index contributed by atoms with van der Waals surface area (Å²) in [4.78, 5) is 0. The molecule has 0 unspecified atom stereocenters. The number of nitrogen functional groups attached to an aromatic ring is 1. The maximum absolute atomic E-state index is 5.73. The zero-order chi connectivity index (χ0) is 12.5. The van der Waals surface area contributed by atoms with Crippen molar-refractivity contribution in [3.63, 3.8) is 0 Å². The van der Waals surface area contributed by atoms with Gasteiger partial charge in [-0.3, -0.25) is 0 Å². The number of nitrogens with two attached hydrogens (primary N) is 1. The van der Waals surface area contributed by atoms with Crippen LogP contribution >= 0.6 is 0 Å². The minimum Gasteiger partial charge on any atom is -0.497 e. The van der Waals surface area contributed by atoms with Gasteiger partial charge in [-0.05, 0) is 6.07 Å². The van der Waals surface area contributed by atoms with E-state index >= 15 is 0 Å². The van der Waals surface area contributed by atoms with Gasteiger partial charge in [-0.1, -0.05) is 5.16 Å². The predicted octanol–water partition coefficient (Wildman–Crippen LogP) is 1.70. The van der Waals surface area contributed by atoms with Gasteiger partial charge in [-0.25, -0.2) is 0 Å². The summed E-state index contributed by atoms with van der Waals surface area (Å²) in [6, 6.07) is 3.60. The number of hydrogen-bond donors (Lipinski definition) is 1. The summed E-state index contributed by atoms with van der Waals surface area (Å²) in [5.41, 5.74) is 7.15. The number of nitrogens with zero attached hydrogens (tertiary/aromatic N) is 1. The van der Waals surface area contributed by atoms with Gasteiger partial charge in [0.05, 0.1) is 18.9 Å². The molecule has 0 aliphatic carbocycles. The van der Waals surface area contributed by atoms with Crippen LogP contribution in [0, 0.1) is 0 Å². The second-order valence-electron chi connectivity index (χ2n) is 3.80. The molecule has 1 aliphatic rings. The van der Waals surface area contributed by atoms with E-state index in [2.05, 4.69) is 5.16 Å². The predicted molar refractivity (Wildman–Crippen MR) is 63.9 cm³/mol. The molecule has 0 atom stereocenters. The van der Waals surface area contributed by atoms with E-state index in [1.54, 1.807) is 19.4 Å². The van der Waals surface area contributed by atoms with Crippen LogP contribution in [-0.4, -0.2) is 25.5 Å². The van der Waals surface area contributed by atoms with Gasteiger partial charge >= 0.3 is 0 Å². The summed E-state index contributed by atoms with van der Waals surface area (Å²) in [6.07, 6.45) is 1.54. The maximum Gasteiger partial charge on any atom is 0.230 e. The molecule has 0 saturated carbocycles. The third-order valence-electron chi connectivity index (χ3n) is 2.74. The Balaban J connectivity index is 2.21. The highest BCUT2D eigenvalue weighted by atomic mass is 16.6. The lowest BCUT2D eigenvalue weighted by Crippen LogP contribution is -2.16. The van der Waals surface area contributed by atoms with Crippen LogP contribution in [0.15, 0.2) is 22.9 Å². The quantitative estimate of drug-likeness (QED) is 0.871. The number of methoxy groups -OCH3 is 1. The molecular weight excluding hydrogens is 236 g/mol. The topological polar surface area (TPSA) is 79.7 Å². The standard InChI is InChI=1S/C12H12N2O4/c1-15-7-4-8(9-6-14-18-12(9)13)11-10(5-7)16-2-3-17-11/h4-6H,2-3,13H2,1H3. The van der Waals surface area contributed by atoms with E-state index in [1.165, 1.54) is 0 Å². The molecule has 94 valence electrons. The van der Waals surface area contributed by atoms with Gasteiger partial charge in [0, 0.05) is 11.6 Å². The van der Waals surface area contributed by atoms with E-state index < -0.39 is 0 Å². The van der Waals surface area contributed by atoms with Gasteiger partial charge in [0.1, 0.15) is 19.0 Å². The highest BCUT2D eigenvalue weighted by Gasteiger charge is 2.22. The van der Waals surface area contributed by atoms with Crippen LogP contribution in [0.25, 0.3) is 11.1 Å². The molecule has 2 N–H and O–H groups in total. The van der Waals surface area contributed by atoms with Crippen LogP contribution in [0.5, 0.6) is 17.2 Å². The highest BCUT2D eigenvalue weighted by Crippen LogP contribution is 2.44. The summed E-state index contributed by atoms with van der Waals surface area (Å²) in [5.74, 6) is 2.17. The van der Waals surface area contributed by atoms with Crippen LogP contribution in [0.2, 0.25) is 0 Å². The van der Waals surface area contributed by atoms with Crippen molar-refractivity contribution < 1.29 is 18.7 Å². The van der Waals surface area contributed by atoms with Crippen LogP contribution in [-0.2, 0) is 0 Å². The summed E-state index contributed by atoms with van der Waals surface area (Å²) >= 11 is 0. The molecule has 6 heteroatoms. The Morgan fingerprint density at radius 2 is 2.06 bits per heavy atom. The van der Waals surface area contributed by atoms with Gasteiger partial charge in [-0.15, -0.1) is 0 Å². The van der Waals surface area contributed by atoms with Crippen molar-refractivity contribution in [2.24, 2.45) is 0 Å². The van der Waals surface area contributed by atoms with Crippen LogP contribution < -0.4 is 19.9 Å². The molecule has 0 bridgehead atoms. The van der Waals surface area contributed by atoms with E-state index in [-0.39, 0.29) is 5.88 Å². The van der Waals surface area contributed by atoms with Gasteiger partial charge in [0.15, 0.2) is 11.5 Å². The lowest BCUT2D eigenvalue weighted by molar-refractivity contribution is 0.171. The molecule has 0 amide bonds. The highest BCUT2D eigenvalue weighted by molar-refractivity contribution is 5.80. The molecule has 2 heterocycles. The van der Waals surface area contributed by atoms with E-state index in [9.17, 15) is 0 Å². The Bertz CT molecular complexity index is 579. The van der Waals surface area contributed by atoms with Gasteiger partial charge in [-0.2, -0.15) is 0 Å². The first-order valence-electron chi connectivity index (χ1n) is 5.47. The number of fused-ring (bicyclic) bond motifs is 1. The Kier molecular flexibility index (Phi) is 2.47. The molecule has 1 aromatic carbocycles. The number of aromatic nitrogens is 1. The zero-order valence-electron chi connectivity index (χ0n) is 9.80. The summed E-state index contributed by atoms with van der Waals surface area (Å²) < 4.78 is 21.3. The third kappa shape index (κ3) is 1.62. The minimum absolute atomic E-state index is 0.236. The van der Waals surface area contributed by atoms with E-state index in [0.29, 0.717) is 36.0 Å². The number of benzene rings is 1. The Morgan fingerprint density at radius 3 is 2.78 bits per heavy atom. The second-order valence-corrected chi connectivity index (χ2v) is 3.80. The number of anilines is 1. The van der Waals surface area contributed by atoms with Crippen molar-refractivity contribution in [2.45, 2.75) is 0 Å². The number of rotatable bonds is 2. The van der Waals surface area contributed by atoms with Crippen molar-refractivity contribution in [1.82, 2.24) is 5.16 Å². The van der Waals surface area contributed by atoms with Gasteiger partial charge in [0.25, 0.3) is 0 Å². The minimum atomic E-state index is 0.236. The number of hydrogen-bond acceptors (Lipinski definition) is 6. The van der Waals surface area contributed by atoms with Gasteiger partial charge < -0.3 is 24.5 Å². The molecule has 0 radical (unpaired) electrons. The summed E-state index contributed by atoms with van der Waals surface area (Å²) in [5, 5.41) is 3.67. The molecule has 1 aromatic heterocycles. The van der Waals surface area contributed by atoms with E-state index in [1.807, 2.05) is 6.07 Å². The molecule has 2 aromatic rings. The lowest BCUT2D eigenvalue weighted by atomic mass is 10.1. The fourth-order valence-electron chi connectivity index (χ4n) is 1.90. The average molecular weight is 248 g/mol. The molecule has 18 heavy (non-hydrogen) atoms. The Morgan fingerprint density at radius 1 is 1.22 bits per heavy atom. The van der Waals surface area contributed by atoms with E-state index in [4.69, 9.17) is 24.5 Å². The molecule has 0 saturated heterocycles. The van der Waals surface area contributed by atoms with Crippen molar-refractivity contribution in [3.05, 3.63) is 18.3 Å². The summed E-state index contributed by atoms with van der Waals surface area (Å²) in [7, 11) is 1.59. The zero-order valence-corrected chi connectivity index (χ0v) is 9.80. The SMILES string of the molecule is COc1cc2c(c(-c3cnoc3N)c1)OCCO2. The first-order chi connectivity index (χ1) is 8.79. The fraction of sp³-hybridized carbons (Fsp3) is 0.250. The fourth-order valence-corrected chi connectivity index (χ4v) is 1.90. The van der Waals surface area contributed by atoms with Crippen molar-refractivity contribution in [1.29, 1.82) is 0 Å². The largest absolute Gasteiger partial charge is 0.497 e. The lowest BCUT2D eigenvalue weighted by Gasteiger charge is -2.21. The Hall–Kier alpha value is -2.37. The number of ether oxygens (including phenoxy) is 3. The molecular formula is C12H12N2O4. The summed E-state index contributed by atoms with van der Waals surface area (Å²) in [6.45, 7) is 1.01. The third-order valence-corrected chi connectivity index (χ3v) is 2.74. The monoisotopic (exact) mass is 248 g/mol. The average Bonchev–Trinajstić information content (AvgIpc) is 2.83. The van der Waals surface area contributed by atoms with Crippen LogP contribution in [0.3, 0.4) is 0 Å². The van der Waals surface area contributed by atoms with Crippen molar-refractivity contribution in [2.75, 3.05) is 26.1 Å². The first kappa shape index (κ1) is 10.8. The first-order valence-corrected chi connectivity index (χ1v) is 5.47.